The Bertz CT molecular complexity index is 865. The topological polar surface area (TPSA) is 79.9 Å². The molecule has 0 unspecified atom stereocenters. The minimum absolute atomic E-state index is 0.179. The van der Waals surface area contributed by atoms with Crippen molar-refractivity contribution in [3.8, 4) is 0 Å². The number of ether oxygens (including phenoxy) is 2. The van der Waals surface area contributed by atoms with Gasteiger partial charge in [-0.15, -0.1) is 0 Å². The molecule has 0 heterocycles. The van der Waals surface area contributed by atoms with Gasteiger partial charge < -0.3 is 25.0 Å². The Hall–Kier alpha value is -3.06. The summed E-state index contributed by atoms with van der Waals surface area (Å²) in [5.41, 5.74) is 2.39. The molecule has 32 heavy (non-hydrogen) atoms. The van der Waals surface area contributed by atoms with Crippen molar-refractivity contribution >= 4 is 12.2 Å². The van der Waals surface area contributed by atoms with Crippen molar-refractivity contribution in [1.29, 1.82) is 0 Å². The molecule has 0 spiro atoms. The summed E-state index contributed by atoms with van der Waals surface area (Å²) < 4.78 is 11.0. The van der Waals surface area contributed by atoms with Crippen LogP contribution in [0, 0.1) is 6.92 Å². The summed E-state index contributed by atoms with van der Waals surface area (Å²) >= 11 is 0. The lowest BCUT2D eigenvalue weighted by molar-refractivity contribution is 0.0212. The minimum Gasteiger partial charge on any atom is -0.445 e. The number of nitrogens with zero attached hydrogens (tertiary/aromatic N) is 1. The third kappa shape index (κ3) is 9.39. The lowest BCUT2D eigenvalue weighted by Crippen LogP contribution is -2.50. The molecule has 0 fully saturated rings. The second-order valence-corrected chi connectivity index (χ2v) is 8.81. The molecule has 0 aliphatic carbocycles. The average Bonchev–Trinajstić information content (AvgIpc) is 2.71. The molecule has 0 saturated heterocycles. The summed E-state index contributed by atoms with van der Waals surface area (Å²) in [6, 6.07) is 17.1. The summed E-state index contributed by atoms with van der Waals surface area (Å²) in [5, 5.41) is 5.92. The predicted molar refractivity (Wildman–Crippen MR) is 125 cm³/mol. The number of hydrogen-bond donors (Lipinski definition) is 2. The van der Waals surface area contributed by atoms with Crippen LogP contribution in [0.25, 0.3) is 0 Å². The first-order valence-corrected chi connectivity index (χ1v) is 10.8. The maximum atomic E-state index is 12.9. The number of benzene rings is 2. The van der Waals surface area contributed by atoms with Gasteiger partial charge in [0.25, 0.3) is 0 Å². The molecule has 0 aromatic heterocycles. The van der Waals surface area contributed by atoms with Gasteiger partial charge in [-0.1, -0.05) is 60.2 Å². The Kier molecular flexibility index (Phi) is 9.53. The molecule has 174 valence electrons. The predicted octanol–water partition coefficient (Wildman–Crippen LogP) is 4.25. The molecule has 0 bridgehead atoms. The van der Waals surface area contributed by atoms with Crippen molar-refractivity contribution in [2.24, 2.45) is 0 Å². The monoisotopic (exact) mass is 441 g/mol. The lowest BCUT2D eigenvalue weighted by atomic mass is 10.1. The van der Waals surface area contributed by atoms with E-state index in [4.69, 9.17) is 9.47 Å². The van der Waals surface area contributed by atoms with Gasteiger partial charge in [0.2, 0.25) is 0 Å². The highest BCUT2D eigenvalue weighted by Gasteiger charge is 2.26. The van der Waals surface area contributed by atoms with Crippen LogP contribution in [0.4, 0.5) is 9.59 Å². The number of rotatable bonds is 9. The van der Waals surface area contributed by atoms with Crippen LogP contribution >= 0.6 is 0 Å². The first kappa shape index (κ1) is 25.2. The van der Waals surface area contributed by atoms with E-state index in [1.54, 1.807) is 11.9 Å². The smallest absolute Gasteiger partial charge is 0.410 e. The van der Waals surface area contributed by atoms with Gasteiger partial charge in [-0.2, -0.15) is 0 Å². The van der Waals surface area contributed by atoms with Gasteiger partial charge >= 0.3 is 12.2 Å². The highest BCUT2D eigenvalue weighted by molar-refractivity contribution is 5.69. The highest BCUT2D eigenvalue weighted by Crippen LogP contribution is 2.14. The summed E-state index contributed by atoms with van der Waals surface area (Å²) in [5.74, 6) is 0. The number of nitrogens with one attached hydrogen (secondary N) is 2. The Morgan fingerprint density at radius 3 is 2.34 bits per heavy atom. The van der Waals surface area contributed by atoms with Crippen LogP contribution in [-0.4, -0.2) is 48.9 Å². The molecule has 2 amide bonds. The van der Waals surface area contributed by atoms with Gasteiger partial charge in [0.05, 0.1) is 6.04 Å². The molecule has 0 radical (unpaired) electrons. The van der Waals surface area contributed by atoms with Gasteiger partial charge in [0.15, 0.2) is 0 Å². The first-order chi connectivity index (χ1) is 15.2. The molecule has 2 aromatic carbocycles. The summed E-state index contributed by atoms with van der Waals surface area (Å²) in [7, 11) is 1.79. The second kappa shape index (κ2) is 12.1. The van der Waals surface area contributed by atoms with Crippen molar-refractivity contribution in [3.05, 3.63) is 71.3 Å². The quantitative estimate of drug-likeness (QED) is 0.608. The van der Waals surface area contributed by atoms with Crippen molar-refractivity contribution in [2.75, 3.05) is 20.1 Å². The molecule has 7 heteroatoms. The van der Waals surface area contributed by atoms with Crippen molar-refractivity contribution < 1.29 is 19.1 Å². The SMILES string of the molecule is CNC[C@H](CN(Cc1cccc(C)c1)C(=O)OC(C)(C)C)NC(=O)OCc1ccccc1. The van der Waals surface area contributed by atoms with Crippen LogP contribution < -0.4 is 10.6 Å². The Morgan fingerprint density at radius 1 is 1.03 bits per heavy atom. The molecule has 0 aliphatic heterocycles. The third-order valence-corrected chi connectivity index (χ3v) is 4.53. The standard InChI is InChI=1S/C25H35N3O4/c1-19-10-9-13-21(14-19)16-28(24(30)32-25(2,3)4)17-22(15-26-5)27-23(29)31-18-20-11-7-6-8-12-20/h6-14,22,26H,15-18H2,1-5H3,(H,27,29)/t22-/m1/s1. The Labute approximate surface area is 191 Å². The fourth-order valence-corrected chi connectivity index (χ4v) is 3.17. The molecule has 0 aliphatic rings. The van der Waals surface area contributed by atoms with E-state index in [1.165, 1.54) is 0 Å². The maximum Gasteiger partial charge on any atom is 0.410 e. The van der Waals surface area contributed by atoms with E-state index in [2.05, 4.69) is 10.6 Å². The van der Waals surface area contributed by atoms with Crippen molar-refractivity contribution in [1.82, 2.24) is 15.5 Å². The largest absolute Gasteiger partial charge is 0.445 e. The summed E-state index contributed by atoms with van der Waals surface area (Å²) in [4.78, 5) is 26.9. The first-order valence-electron chi connectivity index (χ1n) is 10.8. The van der Waals surface area contributed by atoms with Gasteiger partial charge in [-0.3, -0.25) is 0 Å². The molecule has 2 aromatic rings. The number of aryl methyl sites for hydroxylation is 1. The molecule has 0 saturated carbocycles. The Balaban J connectivity index is 2.07. The number of alkyl carbamates (subject to hydrolysis) is 1. The molecule has 2 N–H and O–H groups in total. The van der Waals surface area contributed by atoms with E-state index in [-0.39, 0.29) is 19.2 Å². The zero-order valence-corrected chi connectivity index (χ0v) is 19.7. The van der Waals surface area contributed by atoms with Crippen molar-refractivity contribution in [3.63, 3.8) is 0 Å². The minimum atomic E-state index is -0.623. The molecular formula is C25H35N3O4. The van der Waals surface area contributed by atoms with Gasteiger partial charge in [-0.05, 0) is 45.9 Å². The number of hydrogen-bond acceptors (Lipinski definition) is 5. The molecular weight excluding hydrogens is 406 g/mol. The number of amides is 2. The van der Waals surface area contributed by atoms with Gasteiger partial charge in [0.1, 0.15) is 12.2 Å². The number of carbonyl (C=O) groups excluding carboxylic acids is 2. The zero-order chi connectivity index (χ0) is 23.6. The second-order valence-electron chi connectivity index (χ2n) is 8.81. The van der Waals surface area contributed by atoms with Crippen LogP contribution in [0.3, 0.4) is 0 Å². The van der Waals surface area contributed by atoms with Crippen LogP contribution in [0.5, 0.6) is 0 Å². The van der Waals surface area contributed by atoms with Crippen LogP contribution in [0.15, 0.2) is 54.6 Å². The summed E-state index contributed by atoms with van der Waals surface area (Å²) in [6.45, 7) is 8.79. The zero-order valence-electron chi connectivity index (χ0n) is 19.7. The molecule has 2 rings (SSSR count). The van der Waals surface area contributed by atoms with Gasteiger partial charge in [-0.25, -0.2) is 9.59 Å². The van der Waals surface area contributed by atoms with Crippen molar-refractivity contribution in [2.45, 2.75) is 52.5 Å². The van der Waals surface area contributed by atoms with E-state index >= 15 is 0 Å². The van der Waals surface area contributed by atoms with Crippen LogP contribution in [0.1, 0.15) is 37.5 Å². The normalized spacial score (nSPS) is 12.0. The fraction of sp³-hybridized carbons (Fsp3) is 0.440. The van der Waals surface area contributed by atoms with E-state index in [0.29, 0.717) is 13.1 Å². The maximum absolute atomic E-state index is 12.9. The number of likely N-dealkylation sites (N-methyl/N-ethyl adjacent to an activating group) is 1. The third-order valence-electron chi connectivity index (χ3n) is 4.53. The van der Waals surface area contributed by atoms with E-state index in [1.807, 2.05) is 82.3 Å². The fourth-order valence-electron chi connectivity index (χ4n) is 3.17. The lowest BCUT2D eigenvalue weighted by Gasteiger charge is -2.30. The molecule has 1 atom stereocenters. The number of carbonyl (C=O) groups is 2. The van der Waals surface area contributed by atoms with Crippen LogP contribution in [0.2, 0.25) is 0 Å². The van der Waals surface area contributed by atoms with Crippen LogP contribution in [-0.2, 0) is 22.6 Å². The van der Waals surface area contributed by atoms with Gasteiger partial charge in [0, 0.05) is 19.6 Å². The highest BCUT2D eigenvalue weighted by atomic mass is 16.6. The summed E-state index contributed by atoms with van der Waals surface area (Å²) in [6.07, 6.45) is -0.964. The van der Waals surface area contributed by atoms with E-state index in [0.717, 1.165) is 16.7 Å². The van der Waals surface area contributed by atoms with E-state index < -0.39 is 17.8 Å². The average molecular weight is 442 g/mol. The molecule has 7 nitrogen and oxygen atoms in total. The van der Waals surface area contributed by atoms with E-state index in [9.17, 15) is 9.59 Å². The Morgan fingerprint density at radius 2 is 1.72 bits per heavy atom.